The summed E-state index contributed by atoms with van der Waals surface area (Å²) in [4.78, 5) is 10.6. The minimum absolute atomic E-state index is 0.208. The van der Waals surface area contributed by atoms with Crippen LogP contribution < -0.4 is 10.2 Å². The molecule has 0 spiro atoms. The second kappa shape index (κ2) is 5.50. The molecule has 80 valence electrons. The van der Waals surface area contributed by atoms with Gasteiger partial charge in [0, 0.05) is 17.0 Å². The molecule has 1 amide bonds. The first kappa shape index (κ1) is 11.7. The van der Waals surface area contributed by atoms with E-state index >= 15 is 0 Å². The number of nitrogens with one attached hydrogen (secondary N) is 1. The topological polar surface area (TPSA) is 50.7 Å². The molecule has 0 atom stereocenters. The SMILES string of the molecule is COc1ccc(Br)cc1C=NNC(C)=O. The van der Waals surface area contributed by atoms with E-state index in [1.165, 1.54) is 13.1 Å². The standard InChI is InChI=1S/C10H11BrN2O2/c1-7(14)13-12-6-8-5-9(11)3-4-10(8)15-2/h3-6H,1-2H3,(H,13,14). The zero-order valence-corrected chi connectivity index (χ0v) is 10.0. The number of hydrogen-bond donors (Lipinski definition) is 1. The summed E-state index contributed by atoms with van der Waals surface area (Å²) in [6.07, 6.45) is 1.53. The molecule has 5 heteroatoms. The Morgan fingerprint density at radius 3 is 2.93 bits per heavy atom. The highest BCUT2D eigenvalue weighted by molar-refractivity contribution is 9.10. The molecular formula is C10H11BrN2O2. The van der Waals surface area contributed by atoms with Crippen LogP contribution in [0.5, 0.6) is 5.75 Å². The minimum Gasteiger partial charge on any atom is -0.496 e. The number of methoxy groups -OCH3 is 1. The number of carbonyl (C=O) groups excluding carboxylic acids is 1. The molecule has 0 aliphatic carbocycles. The Bertz CT molecular complexity index is 391. The highest BCUT2D eigenvalue weighted by Crippen LogP contribution is 2.21. The van der Waals surface area contributed by atoms with Gasteiger partial charge in [0.25, 0.3) is 0 Å². The van der Waals surface area contributed by atoms with E-state index < -0.39 is 0 Å². The first-order chi connectivity index (χ1) is 7.13. The van der Waals surface area contributed by atoms with E-state index in [2.05, 4.69) is 26.5 Å². The Balaban J connectivity index is 2.87. The normalized spacial score (nSPS) is 10.3. The summed E-state index contributed by atoms with van der Waals surface area (Å²) >= 11 is 3.34. The van der Waals surface area contributed by atoms with Crippen molar-refractivity contribution in [2.75, 3.05) is 7.11 Å². The van der Waals surface area contributed by atoms with Gasteiger partial charge in [0.1, 0.15) is 5.75 Å². The lowest BCUT2D eigenvalue weighted by Crippen LogP contribution is -2.12. The Hall–Kier alpha value is -1.36. The molecule has 0 aliphatic heterocycles. The average molecular weight is 271 g/mol. The van der Waals surface area contributed by atoms with Gasteiger partial charge in [-0.2, -0.15) is 5.10 Å². The van der Waals surface area contributed by atoms with Crippen molar-refractivity contribution >= 4 is 28.1 Å². The predicted octanol–water partition coefficient (Wildman–Crippen LogP) is 1.93. The number of rotatable bonds is 3. The lowest BCUT2D eigenvalue weighted by Gasteiger charge is -2.04. The zero-order chi connectivity index (χ0) is 11.3. The van der Waals surface area contributed by atoms with Gasteiger partial charge in [0.15, 0.2) is 0 Å². The lowest BCUT2D eigenvalue weighted by atomic mass is 10.2. The van der Waals surface area contributed by atoms with Gasteiger partial charge in [0.05, 0.1) is 13.3 Å². The van der Waals surface area contributed by atoms with Crippen molar-refractivity contribution in [3.8, 4) is 5.75 Å². The third kappa shape index (κ3) is 3.71. The number of halogens is 1. The number of nitrogens with zero attached hydrogens (tertiary/aromatic N) is 1. The summed E-state index contributed by atoms with van der Waals surface area (Å²) in [5.74, 6) is 0.493. The minimum atomic E-state index is -0.208. The molecule has 1 aromatic rings. The Morgan fingerprint density at radius 1 is 1.60 bits per heavy atom. The summed E-state index contributed by atoms with van der Waals surface area (Å²) in [5, 5.41) is 3.77. The summed E-state index contributed by atoms with van der Waals surface area (Å²) in [5.41, 5.74) is 3.12. The van der Waals surface area contributed by atoms with Gasteiger partial charge >= 0.3 is 0 Å². The van der Waals surface area contributed by atoms with Gasteiger partial charge < -0.3 is 4.74 Å². The number of ether oxygens (including phenoxy) is 1. The van der Waals surface area contributed by atoms with E-state index in [9.17, 15) is 4.79 Å². The third-order valence-corrected chi connectivity index (χ3v) is 2.11. The van der Waals surface area contributed by atoms with Gasteiger partial charge in [0.2, 0.25) is 5.91 Å². The number of hydrazone groups is 1. The van der Waals surface area contributed by atoms with Gasteiger partial charge in [-0.25, -0.2) is 5.43 Å². The van der Waals surface area contributed by atoms with Crippen LogP contribution in [-0.4, -0.2) is 19.2 Å². The molecular weight excluding hydrogens is 260 g/mol. The van der Waals surface area contributed by atoms with Crippen LogP contribution in [0.15, 0.2) is 27.8 Å². The molecule has 0 saturated carbocycles. The maximum Gasteiger partial charge on any atom is 0.236 e. The lowest BCUT2D eigenvalue weighted by molar-refractivity contribution is -0.118. The molecule has 0 heterocycles. The molecule has 0 saturated heterocycles. The monoisotopic (exact) mass is 270 g/mol. The highest BCUT2D eigenvalue weighted by atomic mass is 79.9. The van der Waals surface area contributed by atoms with Crippen molar-refractivity contribution in [1.82, 2.24) is 5.43 Å². The van der Waals surface area contributed by atoms with E-state index in [1.807, 2.05) is 18.2 Å². The van der Waals surface area contributed by atoms with Crippen molar-refractivity contribution in [2.45, 2.75) is 6.92 Å². The maximum atomic E-state index is 10.6. The summed E-state index contributed by atoms with van der Waals surface area (Å²) < 4.78 is 6.06. The van der Waals surface area contributed by atoms with E-state index in [0.29, 0.717) is 5.75 Å². The first-order valence-electron chi connectivity index (χ1n) is 4.26. The first-order valence-corrected chi connectivity index (χ1v) is 5.06. The summed E-state index contributed by atoms with van der Waals surface area (Å²) in [7, 11) is 1.58. The molecule has 0 unspecified atom stereocenters. The number of hydrogen-bond acceptors (Lipinski definition) is 3. The van der Waals surface area contributed by atoms with Gasteiger partial charge in [-0.1, -0.05) is 15.9 Å². The fraction of sp³-hybridized carbons (Fsp3) is 0.200. The highest BCUT2D eigenvalue weighted by Gasteiger charge is 2.00. The van der Waals surface area contributed by atoms with Gasteiger partial charge in [-0.3, -0.25) is 4.79 Å². The number of amides is 1. The Kier molecular flexibility index (Phi) is 4.30. The van der Waals surface area contributed by atoms with Crippen molar-refractivity contribution < 1.29 is 9.53 Å². The quantitative estimate of drug-likeness (QED) is 0.674. The molecule has 1 rings (SSSR count). The second-order valence-corrected chi connectivity index (χ2v) is 3.73. The van der Waals surface area contributed by atoms with E-state index in [1.54, 1.807) is 7.11 Å². The Morgan fingerprint density at radius 2 is 2.33 bits per heavy atom. The molecule has 1 N–H and O–H groups in total. The van der Waals surface area contributed by atoms with Crippen LogP contribution in [-0.2, 0) is 4.79 Å². The molecule has 0 aliphatic rings. The molecule has 4 nitrogen and oxygen atoms in total. The van der Waals surface area contributed by atoms with Crippen LogP contribution in [0.2, 0.25) is 0 Å². The van der Waals surface area contributed by atoms with Crippen molar-refractivity contribution in [3.05, 3.63) is 28.2 Å². The van der Waals surface area contributed by atoms with E-state index in [4.69, 9.17) is 4.74 Å². The van der Waals surface area contributed by atoms with Crippen LogP contribution in [0.3, 0.4) is 0 Å². The third-order valence-electron chi connectivity index (χ3n) is 1.62. The predicted molar refractivity (Wildman–Crippen MR) is 62.1 cm³/mol. The van der Waals surface area contributed by atoms with Crippen molar-refractivity contribution in [1.29, 1.82) is 0 Å². The van der Waals surface area contributed by atoms with Crippen molar-refractivity contribution in [2.24, 2.45) is 5.10 Å². The van der Waals surface area contributed by atoms with Crippen molar-refractivity contribution in [3.63, 3.8) is 0 Å². The fourth-order valence-electron chi connectivity index (χ4n) is 0.999. The van der Waals surface area contributed by atoms with Crippen LogP contribution in [0, 0.1) is 0 Å². The molecule has 0 radical (unpaired) electrons. The molecule has 0 bridgehead atoms. The number of benzene rings is 1. The summed E-state index contributed by atoms with van der Waals surface area (Å²) in [6.45, 7) is 1.40. The average Bonchev–Trinajstić information content (AvgIpc) is 2.17. The van der Waals surface area contributed by atoms with Crippen LogP contribution in [0.1, 0.15) is 12.5 Å². The van der Waals surface area contributed by atoms with E-state index in [0.717, 1.165) is 10.0 Å². The van der Waals surface area contributed by atoms with Gasteiger partial charge in [-0.15, -0.1) is 0 Å². The smallest absolute Gasteiger partial charge is 0.236 e. The van der Waals surface area contributed by atoms with Crippen LogP contribution in [0.25, 0.3) is 0 Å². The molecule has 15 heavy (non-hydrogen) atoms. The zero-order valence-electron chi connectivity index (χ0n) is 8.45. The molecule has 0 fully saturated rings. The van der Waals surface area contributed by atoms with Crippen LogP contribution >= 0.6 is 15.9 Å². The van der Waals surface area contributed by atoms with Gasteiger partial charge in [-0.05, 0) is 18.2 Å². The molecule has 1 aromatic carbocycles. The largest absolute Gasteiger partial charge is 0.496 e. The molecule has 0 aromatic heterocycles. The fourth-order valence-corrected chi connectivity index (χ4v) is 1.38. The van der Waals surface area contributed by atoms with Crippen LogP contribution in [0.4, 0.5) is 0 Å². The second-order valence-electron chi connectivity index (χ2n) is 2.81. The maximum absolute atomic E-state index is 10.6. The number of carbonyl (C=O) groups is 1. The van der Waals surface area contributed by atoms with E-state index in [-0.39, 0.29) is 5.91 Å². The Labute approximate surface area is 96.4 Å². The summed E-state index contributed by atoms with van der Waals surface area (Å²) in [6, 6.07) is 5.54.